The molecule has 0 radical (unpaired) electrons. The van der Waals surface area contributed by atoms with Crippen molar-refractivity contribution in [2.75, 3.05) is 0 Å². The first-order valence-electron chi connectivity index (χ1n) is 4.10. The standard InChI is InChI=1S/C10H8BrNO2/c1-7-6-12-10(13-7)14-9-5-3-2-4-8(9)11/h2-6H,1H3. The Kier molecular flexibility index (Phi) is 2.54. The van der Waals surface area contributed by atoms with Crippen molar-refractivity contribution in [2.45, 2.75) is 6.92 Å². The third-order valence-corrected chi connectivity index (χ3v) is 2.29. The number of hydrogen-bond donors (Lipinski definition) is 0. The summed E-state index contributed by atoms with van der Waals surface area (Å²) in [6, 6.07) is 7.53. The maximum atomic E-state index is 5.41. The van der Waals surface area contributed by atoms with E-state index < -0.39 is 0 Å². The number of ether oxygens (including phenoxy) is 1. The Hall–Kier alpha value is -1.29. The molecule has 0 N–H and O–H groups in total. The maximum absolute atomic E-state index is 5.41. The summed E-state index contributed by atoms with van der Waals surface area (Å²) >= 11 is 3.37. The summed E-state index contributed by atoms with van der Waals surface area (Å²) in [4.78, 5) is 3.94. The molecular formula is C10H8BrNO2. The second-order valence-electron chi connectivity index (χ2n) is 2.77. The zero-order chi connectivity index (χ0) is 9.97. The van der Waals surface area contributed by atoms with E-state index in [1.165, 1.54) is 0 Å². The van der Waals surface area contributed by atoms with Gasteiger partial charge in [0.15, 0.2) is 0 Å². The Morgan fingerprint density at radius 1 is 1.36 bits per heavy atom. The Morgan fingerprint density at radius 3 is 2.79 bits per heavy atom. The minimum atomic E-state index is 0.259. The van der Waals surface area contributed by atoms with E-state index in [0.29, 0.717) is 5.75 Å². The third-order valence-electron chi connectivity index (χ3n) is 1.63. The highest BCUT2D eigenvalue weighted by molar-refractivity contribution is 9.10. The highest BCUT2D eigenvalue weighted by Crippen LogP contribution is 2.28. The number of hydrogen-bond acceptors (Lipinski definition) is 3. The van der Waals surface area contributed by atoms with Crippen LogP contribution in [0, 0.1) is 6.92 Å². The van der Waals surface area contributed by atoms with E-state index >= 15 is 0 Å². The monoisotopic (exact) mass is 253 g/mol. The quantitative estimate of drug-likeness (QED) is 0.822. The van der Waals surface area contributed by atoms with E-state index in [1.54, 1.807) is 6.20 Å². The lowest BCUT2D eigenvalue weighted by Gasteiger charge is -2.01. The van der Waals surface area contributed by atoms with Gasteiger partial charge in [0.1, 0.15) is 11.5 Å². The van der Waals surface area contributed by atoms with Gasteiger partial charge in [0.25, 0.3) is 0 Å². The van der Waals surface area contributed by atoms with Crippen molar-refractivity contribution in [3.8, 4) is 11.8 Å². The summed E-state index contributed by atoms with van der Waals surface area (Å²) in [5.41, 5.74) is 0. The van der Waals surface area contributed by atoms with Gasteiger partial charge in [-0.25, -0.2) is 0 Å². The predicted molar refractivity (Wildman–Crippen MR) is 55.5 cm³/mol. The highest BCUT2D eigenvalue weighted by atomic mass is 79.9. The van der Waals surface area contributed by atoms with Gasteiger partial charge in [0.2, 0.25) is 0 Å². The Labute approximate surface area is 89.8 Å². The molecule has 4 heteroatoms. The lowest BCUT2D eigenvalue weighted by molar-refractivity contribution is 0.321. The van der Waals surface area contributed by atoms with E-state index in [0.717, 1.165) is 10.2 Å². The summed E-state index contributed by atoms with van der Waals surface area (Å²) in [5.74, 6) is 1.42. The number of rotatable bonds is 2. The molecule has 0 bridgehead atoms. The fourth-order valence-corrected chi connectivity index (χ4v) is 1.37. The van der Waals surface area contributed by atoms with E-state index in [9.17, 15) is 0 Å². The normalized spacial score (nSPS) is 10.1. The van der Waals surface area contributed by atoms with Crippen LogP contribution in [0.3, 0.4) is 0 Å². The number of oxazole rings is 1. The highest BCUT2D eigenvalue weighted by Gasteiger charge is 2.05. The molecule has 0 aliphatic carbocycles. The summed E-state index contributed by atoms with van der Waals surface area (Å²) in [6.07, 6.45) is 1.88. The van der Waals surface area contributed by atoms with Gasteiger partial charge in [-0.15, -0.1) is 0 Å². The van der Waals surface area contributed by atoms with Crippen LogP contribution in [0.4, 0.5) is 0 Å². The van der Waals surface area contributed by atoms with Crippen LogP contribution in [-0.2, 0) is 0 Å². The average molecular weight is 254 g/mol. The van der Waals surface area contributed by atoms with Crippen molar-refractivity contribution >= 4 is 15.9 Å². The van der Waals surface area contributed by atoms with Crippen molar-refractivity contribution in [1.29, 1.82) is 0 Å². The Balaban J connectivity index is 2.23. The molecule has 2 aromatic rings. The molecule has 1 heterocycles. The number of halogens is 1. The van der Waals surface area contributed by atoms with E-state index in [4.69, 9.17) is 9.15 Å². The molecule has 14 heavy (non-hydrogen) atoms. The molecular weight excluding hydrogens is 246 g/mol. The molecule has 0 amide bonds. The first kappa shape index (κ1) is 9.27. The smallest absolute Gasteiger partial charge is 0.399 e. The molecule has 0 saturated heterocycles. The Bertz CT molecular complexity index is 439. The topological polar surface area (TPSA) is 35.3 Å². The zero-order valence-corrected chi connectivity index (χ0v) is 9.11. The maximum Gasteiger partial charge on any atom is 0.399 e. The SMILES string of the molecule is Cc1cnc(Oc2ccccc2Br)o1. The van der Waals surface area contributed by atoms with Gasteiger partial charge < -0.3 is 9.15 Å². The van der Waals surface area contributed by atoms with Gasteiger partial charge in [-0.2, -0.15) is 4.98 Å². The fourth-order valence-electron chi connectivity index (χ4n) is 1.00. The van der Waals surface area contributed by atoms with Gasteiger partial charge in [-0.3, -0.25) is 0 Å². The number of para-hydroxylation sites is 1. The molecule has 0 spiro atoms. The molecule has 2 rings (SSSR count). The van der Waals surface area contributed by atoms with Crippen molar-refractivity contribution in [1.82, 2.24) is 4.98 Å². The van der Waals surface area contributed by atoms with Gasteiger partial charge in [0, 0.05) is 0 Å². The molecule has 0 aliphatic heterocycles. The minimum absolute atomic E-state index is 0.259. The third kappa shape index (κ3) is 1.96. The number of nitrogens with zero attached hydrogens (tertiary/aromatic N) is 1. The predicted octanol–water partition coefficient (Wildman–Crippen LogP) is 3.54. The van der Waals surface area contributed by atoms with Crippen LogP contribution in [0.2, 0.25) is 0 Å². The lowest BCUT2D eigenvalue weighted by atomic mass is 10.3. The van der Waals surface area contributed by atoms with Crippen LogP contribution < -0.4 is 4.74 Å². The fraction of sp³-hybridized carbons (Fsp3) is 0.100. The number of benzene rings is 1. The molecule has 0 fully saturated rings. The molecule has 1 aromatic heterocycles. The zero-order valence-electron chi connectivity index (χ0n) is 7.53. The Morgan fingerprint density at radius 2 is 2.14 bits per heavy atom. The first-order chi connectivity index (χ1) is 6.75. The van der Waals surface area contributed by atoms with E-state index in [-0.39, 0.29) is 6.08 Å². The van der Waals surface area contributed by atoms with Gasteiger partial charge in [-0.1, -0.05) is 12.1 Å². The number of aryl methyl sites for hydroxylation is 1. The van der Waals surface area contributed by atoms with Crippen LogP contribution in [0.25, 0.3) is 0 Å². The summed E-state index contributed by atoms with van der Waals surface area (Å²) in [7, 11) is 0. The van der Waals surface area contributed by atoms with Crippen molar-refractivity contribution in [3.63, 3.8) is 0 Å². The van der Waals surface area contributed by atoms with E-state index in [1.807, 2.05) is 31.2 Å². The second-order valence-corrected chi connectivity index (χ2v) is 3.62. The van der Waals surface area contributed by atoms with Crippen LogP contribution >= 0.6 is 15.9 Å². The number of aromatic nitrogens is 1. The molecule has 72 valence electrons. The van der Waals surface area contributed by atoms with Crippen molar-refractivity contribution < 1.29 is 9.15 Å². The van der Waals surface area contributed by atoms with E-state index in [2.05, 4.69) is 20.9 Å². The molecule has 0 unspecified atom stereocenters. The van der Waals surface area contributed by atoms with Crippen molar-refractivity contribution in [2.24, 2.45) is 0 Å². The second kappa shape index (κ2) is 3.84. The molecule has 0 aliphatic rings. The molecule has 1 aromatic carbocycles. The molecule has 3 nitrogen and oxygen atoms in total. The van der Waals surface area contributed by atoms with Crippen LogP contribution in [-0.4, -0.2) is 4.98 Å². The first-order valence-corrected chi connectivity index (χ1v) is 4.90. The summed E-state index contributed by atoms with van der Waals surface area (Å²) in [6.45, 7) is 1.82. The lowest BCUT2D eigenvalue weighted by Crippen LogP contribution is -1.84. The van der Waals surface area contributed by atoms with Gasteiger partial charge in [0.05, 0.1) is 10.7 Å². The van der Waals surface area contributed by atoms with Gasteiger partial charge in [-0.05, 0) is 35.0 Å². The van der Waals surface area contributed by atoms with Crippen LogP contribution in [0.5, 0.6) is 11.8 Å². The molecule has 0 saturated carbocycles. The largest absolute Gasteiger partial charge is 0.414 e. The van der Waals surface area contributed by atoms with Crippen molar-refractivity contribution in [3.05, 3.63) is 40.7 Å². The van der Waals surface area contributed by atoms with Gasteiger partial charge >= 0.3 is 6.08 Å². The van der Waals surface area contributed by atoms with Crippen LogP contribution in [0.15, 0.2) is 39.4 Å². The summed E-state index contributed by atoms with van der Waals surface area (Å²) in [5, 5.41) is 0. The summed E-state index contributed by atoms with van der Waals surface area (Å²) < 4.78 is 11.5. The molecule has 0 atom stereocenters. The van der Waals surface area contributed by atoms with Crippen LogP contribution in [0.1, 0.15) is 5.76 Å². The average Bonchev–Trinajstić information content (AvgIpc) is 2.56. The minimum Gasteiger partial charge on any atom is -0.414 e.